The minimum absolute atomic E-state index is 0.532. The zero-order chi connectivity index (χ0) is 14.7. The van der Waals surface area contributed by atoms with Gasteiger partial charge in [-0.15, -0.1) is 0 Å². The Labute approximate surface area is 119 Å². The maximum absolute atomic E-state index is 5.92. The van der Waals surface area contributed by atoms with E-state index in [1.807, 2.05) is 40.1 Å². The van der Waals surface area contributed by atoms with E-state index < -0.39 is 0 Å². The Morgan fingerprint density at radius 3 is 2.35 bits per heavy atom. The summed E-state index contributed by atoms with van der Waals surface area (Å²) in [4.78, 5) is 10.8. The number of hydrogen-bond acceptors (Lipinski definition) is 5. The van der Waals surface area contributed by atoms with Gasteiger partial charge < -0.3 is 16.0 Å². The van der Waals surface area contributed by atoms with E-state index in [1.54, 1.807) is 0 Å². The van der Waals surface area contributed by atoms with Crippen LogP contribution in [0.1, 0.15) is 18.3 Å². The molecule has 2 rings (SSSR count). The van der Waals surface area contributed by atoms with Crippen molar-refractivity contribution >= 4 is 23.0 Å². The van der Waals surface area contributed by atoms with E-state index in [0.29, 0.717) is 5.82 Å². The molecule has 0 aliphatic heterocycles. The highest BCUT2D eigenvalue weighted by Crippen LogP contribution is 2.23. The van der Waals surface area contributed by atoms with Crippen molar-refractivity contribution in [1.82, 2.24) is 9.97 Å². The first-order valence-corrected chi connectivity index (χ1v) is 6.68. The molecule has 1 aromatic heterocycles. The summed E-state index contributed by atoms with van der Waals surface area (Å²) < 4.78 is 0. The van der Waals surface area contributed by atoms with E-state index in [2.05, 4.69) is 32.3 Å². The molecule has 0 aliphatic carbocycles. The van der Waals surface area contributed by atoms with Crippen molar-refractivity contribution in [3.05, 3.63) is 35.7 Å². The number of nitrogens with two attached hydrogens (primary N) is 1. The zero-order valence-corrected chi connectivity index (χ0v) is 12.4. The van der Waals surface area contributed by atoms with Gasteiger partial charge in [-0.25, -0.2) is 9.97 Å². The van der Waals surface area contributed by atoms with Crippen molar-refractivity contribution in [2.75, 3.05) is 30.0 Å². The third-order valence-electron chi connectivity index (χ3n) is 3.19. The fraction of sp³-hybridized carbons (Fsp3) is 0.333. The second-order valence-electron chi connectivity index (χ2n) is 4.92. The lowest BCUT2D eigenvalue weighted by atomic mass is 10.2. The van der Waals surface area contributed by atoms with Crippen LogP contribution in [0.3, 0.4) is 0 Å². The number of nitrogen functional groups attached to an aromatic ring is 1. The standard InChI is InChI=1S/C15H21N5/c1-5-13-18-14(16)10(2)15(19-13)17-11-6-8-12(9-7-11)20(3)4/h6-9H,5H2,1-4H3,(H3,16,17,18,19). The van der Waals surface area contributed by atoms with Gasteiger partial charge in [0.05, 0.1) is 0 Å². The number of hydrogen-bond donors (Lipinski definition) is 2. The predicted octanol–water partition coefficient (Wildman–Crippen LogP) is 2.74. The zero-order valence-electron chi connectivity index (χ0n) is 12.4. The number of anilines is 4. The highest BCUT2D eigenvalue weighted by molar-refractivity contribution is 5.65. The smallest absolute Gasteiger partial charge is 0.139 e. The number of nitrogens with one attached hydrogen (secondary N) is 1. The Morgan fingerprint density at radius 1 is 1.15 bits per heavy atom. The Balaban J connectivity index is 2.27. The Morgan fingerprint density at radius 2 is 1.80 bits per heavy atom. The largest absolute Gasteiger partial charge is 0.383 e. The normalized spacial score (nSPS) is 10.4. The molecule has 3 N–H and O–H groups in total. The van der Waals surface area contributed by atoms with Crippen molar-refractivity contribution in [3.63, 3.8) is 0 Å². The van der Waals surface area contributed by atoms with E-state index in [9.17, 15) is 0 Å². The molecule has 0 unspecified atom stereocenters. The molecule has 2 aromatic rings. The van der Waals surface area contributed by atoms with Crippen molar-refractivity contribution < 1.29 is 0 Å². The summed E-state index contributed by atoms with van der Waals surface area (Å²) in [5, 5.41) is 3.30. The van der Waals surface area contributed by atoms with Crippen molar-refractivity contribution in [2.24, 2.45) is 0 Å². The van der Waals surface area contributed by atoms with Crippen molar-refractivity contribution in [3.8, 4) is 0 Å². The molecule has 0 fully saturated rings. The molecule has 0 atom stereocenters. The van der Waals surface area contributed by atoms with Gasteiger partial charge in [0.25, 0.3) is 0 Å². The lowest BCUT2D eigenvalue weighted by Crippen LogP contribution is -2.08. The summed E-state index contributed by atoms with van der Waals surface area (Å²) in [5.41, 5.74) is 8.93. The first kappa shape index (κ1) is 14.1. The van der Waals surface area contributed by atoms with E-state index in [4.69, 9.17) is 5.73 Å². The molecule has 0 amide bonds. The van der Waals surface area contributed by atoms with Gasteiger partial charge in [0.15, 0.2) is 0 Å². The van der Waals surface area contributed by atoms with Gasteiger partial charge in [-0.3, -0.25) is 0 Å². The minimum atomic E-state index is 0.532. The van der Waals surface area contributed by atoms with Crippen LogP contribution in [0.4, 0.5) is 23.0 Å². The molecule has 106 valence electrons. The van der Waals surface area contributed by atoms with Gasteiger partial charge in [0.1, 0.15) is 17.5 Å². The average molecular weight is 271 g/mol. The lowest BCUT2D eigenvalue weighted by molar-refractivity contribution is 0.940. The fourth-order valence-electron chi connectivity index (χ4n) is 1.84. The topological polar surface area (TPSA) is 67.1 Å². The molecule has 0 radical (unpaired) electrons. The maximum Gasteiger partial charge on any atom is 0.139 e. The molecule has 0 spiro atoms. The predicted molar refractivity (Wildman–Crippen MR) is 84.6 cm³/mol. The molecule has 5 nitrogen and oxygen atoms in total. The molecule has 0 aliphatic rings. The van der Waals surface area contributed by atoms with Gasteiger partial charge in [-0.1, -0.05) is 6.92 Å². The molecule has 0 saturated carbocycles. The highest BCUT2D eigenvalue weighted by atomic mass is 15.1. The van der Waals surface area contributed by atoms with E-state index in [0.717, 1.165) is 35.0 Å². The van der Waals surface area contributed by atoms with Crippen LogP contribution in [0.5, 0.6) is 0 Å². The average Bonchev–Trinajstić information content (AvgIpc) is 2.44. The molecule has 0 saturated heterocycles. The Bertz CT molecular complexity index is 590. The minimum Gasteiger partial charge on any atom is -0.383 e. The Kier molecular flexibility index (Phi) is 4.08. The monoisotopic (exact) mass is 271 g/mol. The number of aryl methyl sites for hydroxylation is 1. The van der Waals surface area contributed by atoms with E-state index in [-0.39, 0.29) is 0 Å². The molecule has 0 bridgehead atoms. The number of aromatic nitrogens is 2. The lowest BCUT2D eigenvalue weighted by Gasteiger charge is -2.14. The molecule has 20 heavy (non-hydrogen) atoms. The molecule has 5 heteroatoms. The molecule has 1 aromatic carbocycles. The summed E-state index contributed by atoms with van der Waals surface area (Å²) in [6.45, 7) is 3.94. The number of rotatable bonds is 4. The van der Waals surface area contributed by atoms with Crippen LogP contribution in [0.15, 0.2) is 24.3 Å². The first-order valence-electron chi connectivity index (χ1n) is 6.68. The highest BCUT2D eigenvalue weighted by Gasteiger charge is 2.08. The van der Waals surface area contributed by atoms with Crippen LogP contribution in [0.2, 0.25) is 0 Å². The van der Waals surface area contributed by atoms with Crippen LogP contribution in [-0.2, 0) is 6.42 Å². The number of nitrogens with zero attached hydrogens (tertiary/aromatic N) is 3. The number of benzene rings is 1. The summed E-state index contributed by atoms with van der Waals surface area (Å²) >= 11 is 0. The van der Waals surface area contributed by atoms with Gasteiger partial charge in [-0.2, -0.15) is 0 Å². The summed E-state index contributed by atoms with van der Waals surface area (Å²) in [5.74, 6) is 2.05. The molecular formula is C15H21N5. The first-order chi connectivity index (χ1) is 9.51. The quantitative estimate of drug-likeness (QED) is 0.895. The third-order valence-corrected chi connectivity index (χ3v) is 3.19. The van der Waals surface area contributed by atoms with Crippen molar-refractivity contribution in [1.29, 1.82) is 0 Å². The van der Waals surface area contributed by atoms with Crippen LogP contribution >= 0.6 is 0 Å². The summed E-state index contributed by atoms with van der Waals surface area (Å²) in [7, 11) is 4.04. The van der Waals surface area contributed by atoms with E-state index >= 15 is 0 Å². The Hall–Kier alpha value is -2.30. The summed E-state index contributed by atoms with van der Waals surface area (Å²) in [6, 6.07) is 8.17. The van der Waals surface area contributed by atoms with Gasteiger partial charge in [0, 0.05) is 37.5 Å². The van der Waals surface area contributed by atoms with Gasteiger partial charge in [0.2, 0.25) is 0 Å². The van der Waals surface area contributed by atoms with Crippen molar-refractivity contribution in [2.45, 2.75) is 20.3 Å². The third kappa shape index (κ3) is 2.99. The second kappa shape index (κ2) is 5.77. The molecule has 1 heterocycles. The SMILES string of the molecule is CCc1nc(N)c(C)c(Nc2ccc(N(C)C)cc2)n1. The maximum atomic E-state index is 5.92. The molecular weight excluding hydrogens is 250 g/mol. The summed E-state index contributed by atoms with van der Waals surface area (Å²) in [6.07, 6.45) is 0.763. The van der Waals surface area contributed by atoms with E-state index in [1.165, 1.54) is 0 Å². The van der Waals surface area contributed by atoms with Crippen LogP contribution in [0.25, 0.3) is 0 Å². The van der Waals surface area contributed by atoms with Gasteiger partial charge >= 0.3 is 0 Å². The van der Waals surface area contributed by atoms with Crippen LogP contribution in [0, 0.1) is 6.92 Å². The second-order valence-corrected chi connectivity index (χ2v) is 4.92. The van der Waals surface area contributed by atoms with Crippen LogP contribution in [-0.4, -0.2) is 24.1 Å². The van der Waals surface area contributed by atoms with Crippen LogP contribution < -0.4 is 16.0 Å². The fourth-order valence-corrected chi connectivity index (χ4v) is 1.84. The van der Waals surface area contributed by atoms with Gasteiger partial charge in [-0.05, 0) is 31.2 Å².